The maximum Gasteiger partial charge on any atom is 0.223 e. The van der Waals surface area contributed by atoms with Crippen molar-refractivity contribution < 1.29 is 9.53 Å². The van der Waals surface area contributed by atoms with Gasteiger partial charge in [-0.3, -0.25) is 9.69 Å². The largest absolute Gasteiger partial charge is 0.497 e. The van der Waals surface area contributed by atoms with Gasteiger partial charge in [0.25, 0.3) is 0 Å². The Morgan fingerprint density at radius 1 is 1.37 bits per heavy atom. The lowest BCUT2D eigenvalue weighted by molar-refractivity contribution is -0.125. The molecule has 146 valence electrons. The zero-order chi connectivity index (χ0) is 19.2. The van der Waals surface area contributed by atoms with Gasteiger partial charge in [0, 0.05) is 30.6 Å². The number of ether oxygens (including phenoxy) is 1. The highest BCUT2D eigenvalue weighted by molar-refractivity contribution is 7.09. The van der Waals surface area contributed by atoms with Crippen molar-refractivity contribution in [3.05, 3.63) is 46.4 Å². The predicted octanol–water partition coefficient (Wildman–Crippen LogP) is 3.88. The number of benzene rings is 1. The molecule has 0 unspecified atom stereocenters. The average molecular weight is 388 g/mol. The molecule has 1 saturated heterocycles. The first kappa shape index (κ1) is 19.8. The van der Waals surface area contributed by atoms with E-state index in [1.165, 1.54) is 5.56 Å². The number of rotatable bonds is 7. The van der Waals surface area contributed by atoms with E-state index in [0.29, 0.717) is 5.92 Å². The van der Waals surface area contributed by atoms with Gasteiger partial charge in [-0.2, -0.15) is 0 Å². The Balaban J connectivity index is 1.68. The summed E-state index contributed by atoms with van der Waals surface area (Å²) in [4.78, 5) is 19.4. The maximum absolute atomic E-state index is 12.4. The molecule has 1 amide bonds. The van der Waals surface area contributed by atoms with Crippen molar-refractivity contribution in [2.75, 3.05) is 20.2 Å². The topological polar surface area (TPSA) is 54.5 Å². The van der Waals surface area contributed by atoms with Crippen LogP contribution >= 0.6 is 11.3 Å². The van der Waals surface area contributed by atoms with E-state index in [9.17, 15) is 4.79 Å². The molecule has 0 spiro atoms. The van der Waals surface area contributed by atoms with Crippen molar-refractivity contribution in [1.82, 2.24) is 15.2 Å². The number of amides is 1. The van der Waals surface area contributed by atoms with Crippen LogP contribution in [0, 0.1) is 11.8 Å². The van der Waals surface area contributed by atoms with Crippen LogP contribution in [0.25, 0.3) is 0 Å². The molecular formula is C21H29N3O2S. The molecule has 1 N–H and O–H groups in total. The van der Waals surface area contributed by atoms with Crippen LogP contribution in [0.4, 0.5) is 0 Å². The van der Waals surface area contributed by atoms with E-state index in [4.69, 9.17) is 4.74 Å². The van der Waals surface area contributed by atoms with E-state index >= 15 is 0 Å². The van der Waals surface area contributed by atoms with E-state index in [1.54, 1.807) is 18.4 Å². The highest BCUT2D eigenvalue weighted by Crippen LogP contribution is 2.32. The lowest BCUT2D eigenvalue weighted by Gasteiger charge is -2.37. The first-order valence-corrected chi connectivity index (χ1v) is 10.5. The average Bonchev–Trinajstić information content (AvgIpc) is 3.21. The third kappa shape index (κ3) is 5.30. The van der Waals surface area contributed by atoms with Crippen LogP contribution in [0.3, 0.4) is 0 Å². The third-order valence-corrected chi connectivity index (χ3v) is 5.98. The molecule has 1 aliphatic heterocycles. The van der Waals surface area contributed by atoms with Crippen molar-refractivity contribution >= 4 is 17.2 Å². The highest BCUT2D eigenvalue weighted by Gasteiger charge is 2.31. The molecule has 2 heterocycles. The van der Waals surface area contributed by atoms with E-state index in [2.05, 4.69) is 27.3 Å². The summed E-state index contributed by atoms with van der Waals surface area (Å²) in [7, 11) is 1.69. The Hall–Kier alpha value is -1.92. The minimum Gasteiger partial charge on any atom is -0.497 e. The molecule has 3 rings (SSSR count). The predicted molar refractivity (Wildman–Crippen MR) is 109 cm³/mol. The quantitative estimate of drug-likeness (QED) is 0.783. The number of carbonyl (C=O) groups excluding carboxylic acids is 1. The van der Waals surface area contributed by atoms with Gasteiger partial charge in [-0.05, 0) is 43.0 Å². The molecule has 27 heavy (non-hydrogen) atoms. The molecule has 1 aromatic carbocycles. The zero-order valence-electron chi connectivity index (χ0n) is 16.4. The smallest absolute Gasteiger partial charge is 0.223 e. The Labute approximate surface area is 165 Å². The SMILES string of the molecule is COc1ccc(CN2CCC[C@@H]([C@@H](NC(=O)C(C)C)c3nccs3)C2)cc1. The molecule has 0 aliphatic carbocycles. The van der Waals surface area contributed by atoms with Gasteiger partial charge < -0.3 is 10.1 Å². The fourth-order valence-corrected chi connectivity index (χ4v) is 4.37. The van der Waals surface area contributed by atoms with Crippen LogP contribution < -0.4 is 10.1 Å². The molecule has 1 aromatic heterocycles. The van der Waals surface area contributed by atoms with Crippen LogP contribution in [0.5, 0.6) is 5.75 Å². The van der Waals surface area contributed by atoms with Crippen LogP contribution in [0.1, 0.15) is 43.3 Å². The first-order valence-electron chi connectivity index (χ1n) is 9.62. The van der Waals surface area contributed by atoms with E-state index in [-0.39, 0.29) is 17.9 Å². The molecule has 0 radical (unpaired) electrons. The van der Waals surface area contributed by atoms with Gasteiger partial charge in [0.15, 0.2) is 0 Å². The van der Waals surface area contributed by atoms with Gasteiger partial charge in [-0.1, -0.05) is 26.0 Å². The standard InChI is InChI=1S/C21H29N3O2S/c1-15(2)20(25)23-19(21-22-10-12-27-21)17-5-4-11-24(14-17)13-16-6-8-18(26-3)9-7-16/h6-10,12,15,17,19H,4-5,11,13-14H2,1-3H3,(H,23,25)/t17-,19-/m1/s1. The number of thiazole rings is 1. The number of hydrogen-bond donors (Lipinski definition) is 1. The Morgan fingerprint density at radius 2 is 2.15 bits per heavy atom. The highest BCUT2D eigenvalue weighted by atomic mass is 32.1. The number of likely N-dealkylation sites (tertiary alicyclic amines) is 1. The monoisotopic (exact) mass is 387 g/mol. The van der Waals surface area contributed by atoms with Crippen LogP contribution in [0.15, 0.2) is 35.8 Å². The molecule has 0 saturated carbocycles. The van der Waals surface area contributed by atoms with Crippen molar-refractivity contribution in [2.45, 2.75) is 39.3 Å². The molecule has 2 atom stereocenters. The summed E-state index contributed by atoms with van der Waals surface area (Å²) in [6, 6.07) is 8.28. The second-order valence-corrected chi connectivity index (χ2v) is 8.42. The van der Waals surface area contributed by atoms with Crippen molar-refractivity contribution in [2.24, 2.45) is 11.8 Å². The van der Waals surface area contributed by atoms with Crippen LogP contribution in [-0.2, 0) is 11.3 Å². The van der Waals surface area contributed by atoms with Gasteiger partial charge in [-0.25, -0.2) is 4.98 Å². The number of nitrogens with one attached hydrogen (secondary N) is 1. The van der Waals surface area contributed by atoms with Crippen LogP contribution in [-0.4, -0.2) is 36.0 Å². The Bertz CT molecular complexity index is 716. The van der Waals surface area contributed by atoms with Crippen molar-refractivity contribution in [1.29, 1.82) is 0 Å². The van der Waals surface area contributed by atoms with E-state index in [0.717, 1.165) is 43.2 Å². The summed E-state index contributed by atoms with van der Waals surface area (Å²) in [5.41, 5.74) is 1.29. The molecule has 6 heteroatoms. The minimum atomic E-state index is -0.0218. The fraction of sp³-hybridized carbons (Fsp3) is 0.524. The van der Waals surface area contributed by atoms with Crippen molar-refractivity contribution in [3.8, 4) is 5.75 Å². The Morgan fingerprint density at radius 3 is 2.78 bits per heavy atom. The number of hydrogen-bond acceptors (Lipinski definition) is 5. The molecule has 0 bridgehead atoms. The molecule has 1 fully saturated rings. The van der Waals surface area contributed by atoms with Gasteiger partial charge in [0.1, 0.15) is 10.8 Å². The lowest BCUT2D eigenvalue weighted by atomic mass is 9.90. The van der Waals surface area contributed by atoms with Crippen LogP contribution in [0.2, 0.25) is 0 Å². The summed E-state index contributed by atoms with van der Waals surface area (Å²) in [5.74, 6) is 1.34. The normalized spacial score (nSPS) is 19.0. The second-order valence-electron chi connectivity index (χ2n) is 7.50. The fourth-order valence-electron chi connectivity index (χ4n) is 3.59. The Kier molecular flexibility index (Phi) is 6.85. The summed E-state index contributed by atoms with van der Waals surface area (Å²) >= 11 is 1.63. The number of aromatic nitrogens is 1. The molecule has 5 nitrogen and oxygen atoms in total. The van der Waals surface area contributed by atoms with E-state index < -0.39 is 0 Å². The summed E-state index contributed by atoms with van der Waals surface area (Å²) in [6.45, 7) is 6.85. The number of piperidine rings is 1. The summed E-state index contributed by atoms with van der Waals surface area (Å²) < 4.78 is 5.25. The second kappa shape index (κ2) is 9.33. The summed E-state index contributed by atoms with van der Waals surface area (Å²) in [5, 5.41) is 6.26. The van der Waals surface area contributed by atoms with Gasteiger partial charge in [0.05, 0.1) is 13.2 Å². The zero-order valence-corrected chi connectivity index (χ0v) is 17.2. The third-order valence-electron chi connectivity index (χ3n) is 5.12. The summed E-state index contributed by atoms with van der Waals surface area (Å²) in [6.07, 6.45) is 4.08. The van der Waals surface area contributed by atoms with Gasteiger partial charge in [-0.15, -0.1) is 11.3 Å². The minimum absolute atomic E-state index is 0.00133. The van der Waals surface area contributed by atoms with E-state index in [1.807, 2.05) is 37.6 Å². The molecule has 1 aliphatic rings. The number of methoxy groups -OCH3 is 1. The molecular weight excluding hydrogens is 358 g/mol. The maximum atomic E-state index is 12.4. The van der Waals surface area contributed by atoms with Gasteiger partial charge >= 0.3 is 0 Å². The number of carbonyl (C=O) groups is 1. The lowest BCUT2D eigenvalue weighted by Crippen LogP contribution is -2.43. The number of nitrogens with zero attached hydrogens (tertiary/aromatic N) is 2. The molecule has 2 aromatic rings. The first-order chi connectivity index (χ1) is 13.1. The van der Waals surface area contributed by atoms with Gasteiger partial charge in [0.2, 0.25) is 5.91 Å². The van der Waals surface area contributed by atoms with Crippen molar-refractivity contribution in [3.63, 3.8) is 0 Å².